The van der Waals surface area contributed by atoms with Gasteiger partial charge in [0.05, 0.1) is 11.2 Å². The molecule has 1 heterocycles. The van der Waals surface area contributed by atoms with Crippen molar-refractivity contribution in [1.29, 1.82) is 0 Å². The lowest BCUT2D eigenvalue weighted by Gasteiger charge is -2.35. The van der Waals surface area contributed by atoms with Gasteiger partial charge in [0, 0.05) is 10.8 Å². The van der Waals surface area contributed by atoms with Gasteiger partial charge in [-0.05, 0) is 72.9 Å². The van der Waals surface area contributed by atoms with Gasteiger partial charge in [0.25, 0.3) is 0 Å². The first-order valence-electron chi connectivity index (χ1n) is 10.9. The summed E-state index contributed by atoms with van der Waals surface area (Å²) in [7, 11) is 0. The monoisotopic (exact) mass is 411 g/mol. The number of benzene rings is 3. The van der Waals surface area contributed by atoms with Gasteiger partial charge < -0.3 is 9.84 Å². The molecule has 1 N–H and O–H groups in total. The van der Waals surface area contributed by atoms with Crippen molar-refractivity contribution >= 4 is 10.9 Å². The van der Waals surface area contributed by atoms with E-state index in [1.165, 1.54) is 11.1 Å². The van der Waals surface area contributed by atoms with Crippen molar-refractivity contribution in [3.8, 4) is 11.5 Å². The van der Waals surface area contributed by atoms with Crippen LogP contribution in [0.25, 0.3) is 10.9 Å². The average molecular weight is 412 g/mol. The molecule has 0 aliphatic heterocycles. The molecule has 0 amide bonds. The molecular formula is C28H29NO2. The molecule has 0 fully saturated rings. The van der Waals surface area contributed by atoms with Crippen LogP contribution in [-0.4, -0.2) is 10.1 Å². The van der Waals surface area contributed by atoms with E-state index < -0.39 is 0 Å². The fourth-order valence-corrected chi connectivity index (χ4v) is 4.55. The van der Waals surface area contributed by atoms with Crippen molar-refractivity contribution in [2.75, 3.05) is 0 Å². The summed E-state index contributed by atoms with van der Waals surface area (Å²) in [6.45, 7) is 6.98. The lowest BCUT2D eigenvalue weighted by Crippen LogP contribution is -2.27. The first kappa shape index (κ1) is 20.9. The maximum atomic E-state index is 10.1. The zero-order valence-corrected chi connectivity index (χ0v) is 18.4. The smallest absolute Gasteiger partial charge is 0.130 e. The number of phenols is 1. The minimum Gasteiger partial charge on any atom is -0.508 e. The van der Waals surface area contributed by atoms with Gasteiger partial charge in [-0.15, -0.1) is 0 Å². The molecule has 3 aromatic carbocycles. The molecule has 31 heavy (non-hydrogen) atoms. The largest absolute Gasteiger partial charge is 0.508 e. The number of ether oxygens (including phenoxy) is 1. The molecule has 0 unspecified atom stereocenters. The Morgan fingerprint density at radius 1 is 0.871 bits per heavy atom. The molecule has 0 spiro atoms. The Balaban J connectivity index is 1.65. The summed E-state index contributed by atoms with van der Waals surface area (Å²) in [6.07, 6.45) is 1.87. The summed E-state index contributed by atoms with van der Waals surface area (Å²) in [5, 5.41) is 11.2. The first-order chi connectivity index (χ1) is 15.1. The van der Waals surface area contributed by atoms with Crippen molar-refractivity contribution in [3.05, 3.63) is 101 Å². The molecule has 0 aliphatic carbocycles. The molecule has 4 rings (SSSR count). The fourth-order valence-electron chi connectivity index (χ4n) is 4.55. The highest BCUT2D eigenvalue weighted by molar-refractivity contribution is 5.78. The molecule has 3 nitrogen and oxygen atoms in total. The Hall–Kier alpha value is -3.33. The lowest BCUT2D eigenvalue weighted by atomic mass is 9.69. The van der Waals surface area contributed by atoms with Crippen molar-refractivity contribution in [1.82, 2.24) is 4.98 Å². The first-order valence-corrected chi connectivity index (χ1v) is 10.9. The number of hydrogen-bond acceptors (Lipinski definition) is 3. The predicted octanol–water partition coefficient (Wildman–Crippen LogP) is 6.93. The van der Waals surface area contributed by atoms with Crippen molar-refractivity contribution in [2.45, 2.75) is 45.6 Å². The Morgan fingerprint density at radius 3 is 2.45 bits per heavy atom. The summed E-state index contributed by atoms with van der Waals surface area (Å²) in [5.74, 6) is 1.14. The van der Waals surface area contributed by atoms with Crippen LogP contribution in [0.2, 0.25) is 0 Å². The molecule has 3 heteroatoms. The van der Waals surface area contributed by atoms with E-state index in [4.69, 9.17) is 9.72 Å². The highest BCUT2D eigenvalue weighted by Gasteiger charge is 2.32. The fraction of sp³-hybridized carbons (Fsp3) is 0.250. The summed E-state index contributed by atoms with van der Waals surface area (Å²) in [6, 6.07) is 26.2. The number of aromatic hydroxyl groups is 1. The van der Waals surface area contributed by atoms with Crippen LogP contribution in [0.3, 0.4) is 0 Å². The number of rotatable bonds is 7. The molecule has 0 atom stereocenters. The average Bonchev–Trinajstić information content (AvgIpc) is 2.80. The van der Waals surface area contributed by atoms with E-state index in [-0.39, 0.29) is 5.41 Å². The van der Waals surface area contributed by atoms with E-state index >= 15 is 0 Å². The van der Waals surface area contributed by atoms with Gasteiger partial charge in [-0.25, -0.2) is 4.98 Å². The third-order valence-electron chi connectivity index (χ3n) is 6.37. The Bertz CT molecular complexity index is 1190. The lowest BCUT2D eigenvalue weighted by molar-refractivity contribution is 0.300. The minimum atomic E-state index is -0.177. The molecule has 0 saturated carbocycles. The normalized spacial score (nSPS) is 11.6. The van der Waals surface area contributed by atoms with Crippen LogP contribution in [-0.2, 0) is 12.0 Å². The number of aromatic nitrogens is 1. The Labute approximate surface area is 184 Å². The van der Waals surface area contributed by atoms with Crippen LogP contribution in [0, 0.1) is 6.92 Å². The maximum Gasteiger partial charge on any atom is 0.130 e. The van der Waals surface area contributed by atoms with E-state index in [0.29, 0.717) is 12.4 Å². The third kappa shape index (κ3) is 4.13. The standard InChI is InChI=1S/C28H29NO2/c1-4-28(5-2,22-10-8-11-24(30)17-22)26-18-25(16-13-20(26)3)31-19-23-15-14-21-9-6-7-12-27(21)29-23/h6-18,30H,4-5,19H2,1-3H3. The molecule has 4 aromatic rings. The molecule has 0 bridgehead atoms. The molecular weight excluding hydrogens is 382 g/mol. The topological polar surface area (TPSA) is 42.4 Å². The molecule has 0 saturated heterocycles. The predicted molar refractivity (Wildman–Crippen MR) is 127 cm³/mol. The second kappa shape index (κ2) is 8.81. The zero-order chi connectivity index (χ0) is 21.8. The van der Waals surface area contributed by atoms with Gasteiger partial charge in [0.15, 0.2) is 0 Å². The van der Waals surface area contributed by atoms with Crippen molar-refractivity contribution in [3.63, 3.8) is 0 Å². The highest BCUT2D eigenvalue weighted by atomic mass is 16.5. The SMILES string of the molecule is CCC(CC)(c1cccc(O)c1)c1cc(OCc2ccc3ccccc3n2)ccc1C. The van der Waals surface area contributed by atoms with Gasteiger partial charge in [-0.2, -0.15) is 0 Å². The summed E-state index contributed by atoms with van der Waals surface area (Å²) < 4.78 is 6.17. The Morgan fingerprint density at radius 2 is 1.68 bits per heavy atom. The van der Waals surface area contributed by atoms with E-state index in [1.54, 1.807) is 6.07 Å². The molecule has 0 radical (unpaired) electrons. The van der Waals surface area contributed by atoms with Crippen LogP contribution in [0.1, 0.15) is 49.1 Å². The number of fused-ring (bicyclic) bond motifs is 1. The van der Waals surface area contributed by atoms with Crippen LogP contribution in [0.5, 0.6) is 11.5 Å². The highest BCUT2D eigenvalue weighted by Crippen LogP contribution is 2.42. The quantitative estimate of drug-likeness (QED) is 0.358. The van der Waals surface area contributed by atoms with Crippen molar-refractivity contribution in [2.24, 2.45) is 0 Å². The molecule has 1 aromatic heterocycles. The van der Waals surface area contributed by atoms with E-state index in [0.717, 1.165) is 40.8 Å². The summed E-state index contributed by atoms with van der Waals surface area (Å²) >= 11 is 0. The Kier molecular flexibility index (Phi) is 5.94. The van der Waals surface area contributed by atoms with E-state index in [9.17, 15) is 5.11 Å². The number of aryl methyl sites for hydroxylation is 1. The summed E-state index contributed by atoms with van der Waals surface area (Å²) in [5.41, 5.74) is 5.31. The second-order valence-electron chi connectivity index (χ2n) is 8.10. The minimum absolute atomic E-state index is 0.177. The van der Waals surface area contributed by atoms with Gasteiger partial charge in [0.2, 0.25) is 0 Å². The maximum absolute atomic E-state index is 10.1. The van der Waals surface area contributed by atoms with Crippen LogP contribution in [0.4, 0.5) is 0 Å². The number of pyridine rings is 1. The zero-order valence-electron chi connectivity index (χ0n) is 18.4. The van der Waals surface area contributed by atoms with Crippen LogP contribution in [0.15, 0.2) is 78.9 Å². The van der Waals surface area contributed by atoms with Gasteiger partial charge in [0.1, 0.15) is 18.1 Å². The van der Waals surface area contributed by atoms with Crippen molar-refractivity contribution < 1.29 is 9.84 Å². The van der Waals surface area contributed by atoms with Crippen LogP contribution < -0.4 is 4.74 Å². The van der Waals surface area contributed by atoms with Gasteiger partial charge in [-0.3, -0.25) is 0 Å². The second-order valence-corrected chi connectivity index (χ2v) is 8.10. The third-order valence-corrected chi connectivity index (χ3v) is 6.37. The molecule has 0 aliphatic rings. The van der Waals surface area contributed by atoms with Gasteiger partial charge >= 0.3 is 0 Å². The number of para-hydroxylation sites is 1. The number of hydrogen-bond donors (Lipinski definition) is 1. The summed E-state index contributed by atoms with van der Waals surface area (Å²) in [4.78, 5) is 4.72. The van der Waals surface area contributed by atoms with Gasteiger partial charge in [-0.1, -0.05) is 56.3 Å². The van der Waals surface area contributed by atoms with E-state index in [2.05, 4.69) is 51.1 Å². The molecule has 158 valence electrons. The van der Waals surface area contributed by atoms with Crippen LogP contribution >= 0.6 is 0 Å². The van der Waals surface area contributed by atoms with E-state index in [1.807, 2.05) is 42.5 Å². The number of phenolic OH excluding ortho intramolecular Hbond substituents is 1. The number of nitrogens with zero attached hydrogens (tertiary/aromatic N) is 1.